The van der Waals surface area contributed by atoms with Gasteiger partial charge in [-0.2, -0.15) is 5.10 Å². The van der Waals surface area contributed by atoms with E-state index in [0.29, 0.717) is 19.6 Å². The Morgan fingerprint density at radius 1 is 1.19 bits per heavy atom. The summed E-state index contributed by atoms with van der Waals surface area (Å²) >= 11 is 1.63. The van der Waals surface area contributed by atoms with Crippen LogP contribution in [0.1, 0.15) is 54.1 Å². The third-order valence-electron chi connectivity index (χ3n) is 6.34. The fourth-order valence-corrected chi connectivity index (χ4v) is 5.24. The van der Waals surface area contributed by atoms with Gasteiger partial charge in [-0.3, -0.25) is 9.59 Å². The predicted octanol–water partition coefficient (Wildman–Crippen LogP) is 4.40. The van der Waals surface area contributed by atoms with Crippen LogP contribution in [0.15, 0.2) is 46.9 Å². The van der Waals surface area contributed by atoms with Gasteiger partial charge in [-0.25, -0.2) is 5.01 Å². The van der Waals surface area contributed by atoms with E-state index < -0.39 is 0 Å². The van der Waals surface area contributed by atoms with Gasteiger partial charge in [-0.05, 0) is 36.8 Å². The van der Waals surface area contributed by atoms with Crippen molar-refractivity contribution in [3.8, 4) is 0 Å². The molecule has 1 aliphatic heterocycles. The first-order valence-electron chi connectivity index (χ1n) is 11.3. The van der Waals surface area contributed by atoms with Crippen LogP contribution >= 0.6 is 11.3 Å². The molecule has 2 heterocycles. The van der Waals surface area contributed by atoms with Crippen LogP contribution in [0.25, 0.3) is 0 Å². The Hall–Kier alpha value is -2.51. The van der Waals surface area contributed by atoms with E-state index in [2.05, 4.69) is 31.2 Å². The molecule has 170 valence electrons. The van der Waals surface area contributed by atoms with Gasteiger partial charge in [0.15, 0.2) is 0 Å². The number of rotatable bonds is 8. The lowest BCUT2D eigenvalue weighted by Crippen LogP contribution is -2.44. The van der Waals surface area contributed by atoms with Gasteiger partial charge in [0.2, 0.25) is 5.91 Å². The van der Waals surface area contributed by atoms with Gasteiger partial charge in [-0.15, -0.1) is 11.3 Å². The minimum absolute atomic E-state index is 0.0244. The number of hydrogen-bond donors (Lipinski definition) is 0. The minimum atomic E-state index is -0.161. The summed E-state index contributed by atoms with van der Waals surface area (Å²) in [5.74, 6) is -0.0534. The number of benzene rings is 1. The molecule has 1 unspecified atom stereocenters. The molecule has 1 aliphatic carbocycles. The smallest absolute Gasteiger partial charge is 0.262 e. The molecule has 0 saturated heterocycles. The van der Waals surface area contributed by atoms with Crippen LogP contribution in [0.3, 0.4) is 0 Å². The second-order valence-corrected chi connectivity index (χ2v) is 9.57. The van der Waals surface area contributed by atoms with Crippen molar-refractivity contribution < 1.29 is 14.3 Å². The molecule has 0 spiro atoms. The maximum Gasteiger partial charge on any atom is 0.262 e. The zero-order valence-corrected chi connectivity index (χ0v) is 19.6. The first-order valence-corrected chi connectivity index (χ1v) is 12.2. The molecule has 1 saturated carbocycles. The zero-order valence-electron chi connectivity index (χ0n) is 18.8. The second kappa shape index (κ2) is 10.4. The molecule has 1 atom stereocenters. The van der Waals surface area contributed by atoms with Gasteiger partial charge in [0.05, 0.1) is 23.2 Å². The molecule has 7 heteroatoms. The van der Waals surface area contributed by atoms with Crippen molar-refractivity contribution in [3.63, 3.8) is 0 Å². The van der Waals surface area contributed by atoms with Crippen molar-refractivity contribution >= 4 is 28.9 Å². The average molecular weight is 454 g/mol. The number of carbonyl (C=O) groups excluding carboxylic acids is 2. The molecule has 4 rings (SSSR count). The summed E-state index contributed by atoms with van der Waals surface area (Å²) in [6.07, 6.45) is 4.65. The van der Waals surface area contributed by atoms with Crippen molar-refractivity contribution in [3.05, 3.63) is 57.8 Å². The molecule has 6 nitrogen and oxygen atoms in total. The Labute approximate surface area is 193 Å². The Morgan fingerprint density at radius 2 is 1.94 bits per heavy atom. The van der Waals surface area contributed by atoms with E-state index in [1.807, 2.05) is 17.5 Å². The molecular formula is C25H31N3O3S. The van der Waals surface area contributed by atoms with Gasteiger partial charge in [0.1, 0.15) is 6.54 Å². The summed E-state index contributed by atoms with van der Waals surface area (Å²) in [6, 6.07) is 12.1. The average Bonchev–Trinajstić information content (AvgIpc) is 3.57. The van der Waals surface area contributed by atoms with Crippen molar-refractivity contribution in [2.75, 3.05) is 26.8 Å². The number of thiophene rings is 1. The monoisotopic (exact) mass is 453 g/mol. The standard InChI is InChI=1S/C25H31N3O3S/c1-18-9-11-19(12-10-18)22-16-21(23-8-5-15-32-23)26-28(22)24(29)17-27(13-14-31-2)25(30)20-6-3-4-7-20/h5,8-12,15,20,22H,3-4,6-7,13-14,16-17H2,1-2H3. The van der Waals surface area contributed by atoms with Crippen LogP contribution in [-0.4, -0.2) is 54.2 Å². The third kappa shape index (κ3) is 5.10. The molecule has 0 bridgehead atoms. The second-order valence-electron chi connectivity index (χ2n) is 8.63. The van der Waals surface area contributed by atoms with E-state index >= 15 is 0 Å². The molecule has 1 aromatic heterocycles. The van der Waals surface area contributed by atoms with Crippen LogP contribution < -0.4 is 0 Å². The highest BCUT2D eigenvalue weighted by atomic mass is 32.1. The number of hydrazone groups is 1. The van der Waals surface area contributed by atoms with E-state index in [9.17, 15) is 9.59 Å². The lowest BCUT2D eigenvalue weighted by atomic mass is 10.00. The quantitative estimate of drug-likeness (QED) is 0.595. The van der Waals surface area contributed by atoms with Crippen LogP contribution in [-0.2, 0) is 14.3 Å². The Bertz CT molecular complexity index is 949. The number of aryl methyl sites for hydroxylation is 1. The molecule has 1 aromatic carbocycles. The van der Waals surface area contributed by atoms with Crippen LogP contribution in [0.4, 0.5) is 0 Å². The maximum atomic E-state index is 13.5. The fraction of sp³-hybridized carbons (Fsp3) is 0.480. The number of hydrogen-bond acceptors (Lipinski definition) is 5. The van der Waals surface area contributed by atoms with Gasteiger partial charge in [-0.1, -0.05) is 48.7 Å². The largest absolute Gasteiger partial charge is 0.383 e. The number of methoxy groups -OCH3 is 1. The highest BCUT2D eigenvalue weighted by molar-refractivity contribution is 7.12. The molecule has 32 heavy (non-hydrogen) atoms. The van der Waals surface area contributed by atoms with Crippen molar-refractivity contribution in [2.24, 2.45) is 11.0 Å². The summed E-state index contributed by atoms with van der Waals surface area (Å²) in [4.78, 5) is 29.4. The molecule has 2 amide bonds. The summed E-state index contributed by atoms with van der Waals surface area (Å²) in [6.45, 7) is 2.92. The van der Waals surface area contributed by atoms with Crippen LogP contribution in [0.2, 0.25) is 0 Å². The van der Waals surface area contributed by atoms with Gasteiger partial charge < -0.3 is 9.64 Å². The lowest BCUT2D eigenvalue weighted by molar-refractivity contribution is -0.144. The summed E-state index contributed by atoms with van der Waals surface area (Å²) in [5, 5.41) is 8.36. The zero-order chi connectivity index (χ0) is 22.5. The minimum Gasteiger partial charge on any atom is -0.383 e. The molecular weight excluding hydrogens is 422 g/mol. The van der Waals surface area contributed by atoms with E-state index in [-0.39, 0.29) is 30.3 Å². The topological polar surface area (TPSA) is 62.2 Å². The summed E-state index contributed by atoms with van der Waals surface area (Å²) < 4.78 is 5.21. The highest BCUT2D eigenvalue weighted by Crippen LogP contribution is 2.34. The predicted molar refractivity (Wildman–Crippen MR) is 127 cm³/mol. The summed E-state index contributed by atoms with van der Waals surface area (Å²) in [7, 11) is 1.62. The van der Waals surface area contributed by atoms with E-state index in [1.54, 1.807) is 28.4 Å². The molecule has 0 radical (unpaired) electrons. The van der Waals surface area contributed by atoms with Gasteiger partial charge in [0, 0.05) is 26.0 Å². The van der Waals surface area contributed by atoms with E-state index in [0.717, 1.165) is 41.8 Å². The highest BCUT2D eigenvalue weighted by Gasteiger charge is 2.35. The molecule has 0 N–H and O–H groups in total. The fourth-order valence-electron chi connectivity index (χ4n) is 4.52. The lowest BCUT2D eigenvalue weighted by Gasteiger charge is -2.28. The first kappa shape index (κ1) is 22.7. The Balaban J connectivity index is 1.56. The van der Waals surface area contributed by atoms with Crippen molar-refractivity contribution in [1.82, 2.24) is 9.91 Å². The number of ether oxygens (including phenoxy) is 1. The first-order chi connectivity index (χ1) is 15.6. The molecule has 2 aromatic rings. The van der Waals surface area contributed by atoms with E-state index in [4.69, 9.17) is 9.84 Å². The number of amides is 2. The SMILES string of the molecule is COCCN(CC(=O)N1N=C(c2cccs2)CC1c1ccc(C)cc1)C(=O)C1CCCC1. The van der Waals surface area contributed by atoms with Crippen LogP contribution in [0, 0.1) is 12.8 Å². The van der Waals surface area contributed by atoms with Crippen LogP contribution in [0.5, 0.6) is 0 Å². The van der Waals surface area contributed by atoms with Crippen molar-refractivity contribution in [2.45, 2.75) is 45.1 Å². The Morgan fingerprint density at radius 3 is 2.59 bits per heavy atom. The Kier molecular flexibility index (Phi) is 7.37. The number of nitrogens with zero attached hydrogens (tertiary/aromatic N) is 3. The molecule has 1 fully saturated rings. The van der Waals surface area contributed by atoms with E-state index in [1.165, 1.54) is 5.56 Å². The van der Waals surface area contributed by atoms with Gasteiger partial charge in [0.25, 0.3) is 5.91 Å². The maximum absolute atomic E-state index is 13.5. The third-order valence-corrected chi connectivity index (χ3v) is 7.26. The summed E-state index contributed by atoms with van der Waals surface area (Å²) in [5.41, 5.74) is 3.16. The van der Waals surface area contributed by atoms with Crippen molar-refractivity contribution in [1.29, 1.82) is 0 Å². The normalized spacial score (nSPS) is 18.8. The van der Waals surface area contributed by atoms with Gasteiger partial charge >= 0.3 is 0 Å². The number of carbonyl (C=O) groups is 2. The molecule has 2 aliphatic rings.